The second-order valence-electron chi connectivity index (χ2n) is 5.35. The molecule has 0 unspecified atom stereocenters. The number of imide groups is 1. The lowest BCUT2D eigenvalue weighted by atomic mass is 10.2. The molecule has 2 amide bonds. The van der Waals surface area contributed by atoms with Crippen molar-refractivity contribution in [1.29, 1.82) is 0 Å². The summed E-state index contributed by atoms with van der Waals surface area (Å²) in [4.78, 5) is 25.7. The van der Waals surface area contributed by atoms with Crippen LogP contribution in [0.5, 0.6) is 5.75 Å². The summed E-state index contributed by atoms with van der Waals surface area (Å²) in [6.45, 7) is 4.58. The molecule has 0 N–H and O–H groups in total. The summed E-state index contributed by atoms with van der Waals surface area (Å²) in [6, 6.07) is 5.31. The van der Waals surface area contributed by atoms with Gasteiger partial charge in [-0.25, -0.2) is 0 Å². The first-order chi connectivity index (χ1) is 11.5. The Bertz CT molecular complexity index is 662. The fourth-order valence-corrected chi connectivity index (χ4v) is 3.13. The van der Waals surface area contributed by atoms with E-state index in [1.807, 2.05) is 19.9 Å². The number of rotatable bonds is 7. The molecular formula is C17H20ClNO4S. The van der Waals surface area contributed by atoms with Crippen LogP contribution in [0.15, 0.2) is 23.1 Å². The minimum absolute atomic E-state index is 0.0747. The van der Waals surface area contributed by atoms with Crippen molar-refractivity contribution >= 4 is 40.6 Å². The molecule has 5 nitrogen and oxygen atoms in total. The first kappa shape index (κ1) is 18.8. The summed E-state index contributed by atoms with van der Waals surface area (Å²) in [5, 5.41) is 0.189. The molecule has 1 aromatic carbocycles. The monoisotopic (exact) mass is 369 g/mol. The molecule has 24 heavy (non-hydrogen) atoms. The summed E-state index contributed by atoms with van der Waals surface area (Å²) in [5.74, 6) is 0.300. The van der Waals surface area contributed by atoms with Gasteiger partial charge in [-0.1, -0.05) is 24.6 Å². The molecule has 1 atom stereocenters. The molecule has 1 heterocycles. The highest BCUT2D eigenvalue weighted by molar-refractivity contribution is 8.18. The highest BCUT2D eigenvalue weighted by Crippen LogP contribution is 2.33. The molecule has 2 rings (SSSR count). The number of thioether (sulfide) groups is 1. The maximum atomic E-state index is 12.3. The number of benzene rings is 1. The van der Waals surface area contributed by atoms with E-state index in [0.29, 0.717) is 22.3 Å². The average Bonchev–Trinajstić information content (AvgIpc) is 2.81. The third kappa shape index (κ3) is 4.53. The molecule has 0 saturated carbocycles. The van der Waals surface area contributed by atoms with Crippen LogP contribution in [0, 0.1) is 0 Å². The maximum Gasteiger partial charge on any atom is 0.293 e. The minimum Gasteiger partial charge on any atom is -0.489 e. The van der Waals surface area contributed by atoms with E-state index in [-0.39, 0.29) is 23.8 Å². The molecule has 1 aromatic rings. The number of hydrogen-bond acceptors (Lipinski definition) is 5. The van der Waals surface area contributed by atoms with Gasteiger partial charge in [0.25, 0.3) is 11.1 Å². The van der Waals surface area contributed by atoms with Crippen LogP contribution >= 0.6 is 23.4 Å². The van der Waals surface area contributed by atoms with Crippen molar-refractivity contribution in [2.24, 2.45) is 0 Å². The number of carbonyl (C=O) groups excluding carboxylic acids is 2. The van der Waals surface area contributed by atoms with Crippen molar-refractivity contribution in [1.82, 2.24) is 4.90 Å². The summed E-state index contributed by atoms with van der Waals surface area (Å²) in [5.41, 5.74) is 0.744. The predicted molar refractivity (Wildman–Crippen MR) is 96.4 cm³/mol. The number of nitrogens with zero attached hydrogens (tertiary/aromatic N) is 1. The highest BCUT2D eigenvalue weighted by atomic mass is 35.5. The van der Waals surface area contributed by atoms with Gasteiger partial charge >= 0.3 is 0 Å². The van der Waals surface area contributed by atoms with Gasteiger partial charge in [0, 0.05) is 7.11 Å². The zero-order valence-electron chi connectivity index (χ0n) is 13.9. The minimum atomic E-state index is -0.307. The van der Waals surface area contributed by atoms with Crippen molar-refractivity contribution in [2.45, 2.75) is 26.4 Å². The van der Waals surface area contributed by atoms with E-state index in [1.165, 1.54) is 12.0 Å². The molecule has 0 bridgehead atoms. The highest BCUT2D eigenvalue weighted by Gasteiger charge is 2.34. The Balaban J connectivity index is 2.15. The molecule has 130 valence electrons. The Morgan fingerprint density at radius 2 is 2.12 bits per heavy atom. The standard InChI is InChI=1S/C17H20ClNO4S/c1-4-11(2)23-14-6-5-12(9-13(14)18)10-15-16(20)19(7-8-22-3)17(21)24-15/h5-6,9-11H,4,7-8H2,1-3H3/b15-10+/t11-/m1/s1. The van der Waals surface area contributed by atoms with E-state index in [1.54, 1.807) is 18.2 Å². The Morgan fingerprint density at radius 3 is 2.75 bits per heavy atom. The second kappa shape index (κ2) is 8.55. The van der Waals surface area contributed by atoms with Crippen LogP contribution in [0.1, 0.15) is 25.8 Å². The average molecular weight is 370 g/mol. The third-order valence-corrected chi connectivity index (χ3v) is 4.75. The van der Waals surface area contributed by atoms with E-state index < -0.39 is 0 Å². The Labute approximate surface area is 150 Å². The molecule has 0 spiro atoms. The second-order valence-corrected chi connectivity index (χ2v) is 6.75. The van der Waals surface area contributed by atoms with Crippen molar-refractivity contribution in [2.75, 3.05) is 20.3 Å². The number of amides is 2. The number of halogens is 1. The van der Waals surface area contributed by atoms with Crippen LogP contribution in [0.2, 0.25) is 5.02 Å². The lowest BCUT2D eigenvalue weighted by Crippen LogP contribution is -2.31. The zero-order chi connectivity index (χ0) is 17.7. The van der Waals surface area contributed by atoms with Crippen molar-refractivity contribution < 1.29 is 19.1 Å². The van der Waals surface area contributed by atoms with Crippen LogP contribution < -0.4 is 4.74 Å². The van der Waals surface area contributed by atoms with Gasteiger partial charge in [-0.2, -0.15) is 0 Å². The number of methoxy groups -OCH3 is 1. The third-order valence-electron chi connectivity index (χ3n) is 3.55. The molecule has 1 aliphatic rings. The van der Waals surface area contributed by atoms with E-state index >= 15 is 0 Å². The first-order valence-electron chi connectivity index (χ1n) is 7.66. The SMILES string of the molecule is CC[C@@H](C)Oc1ccc(/C=C2/SC(=O)N(CCOC)C2=O)cc1Cl. The topological polar surface area (TPSA) is 55.8 Å². The van der Waals surface area contributed by atoms with Crippen molar-refractivity contribution in [3.05, 3.63) is 33.7 Å². The lowest BCUT2D eigenvalue weighted by molar-refractivity contribution is -0.123. The molecule has 0 radical (unpaired) electrons. The molecule has 7 heteroatoms. The van der Waals surface area contributed by atoms with E-state index in [9.17, 15) is 9.59 Å². The zero-order valence-corrected chi connectivity index (χ0v) is 15.4. The summed E-state index contributed by atoms with van der Waals surface area (Å²) >= 11 is 7.16. The van der Waals surface area contributed by atoms with Crippen LogP contribution in [-0.4, -0.2) is 42.4 Å². The van der Waals surface area contributed by atoms with Crippen LogP contribution in [0.3, 0.4) is 0 Å². The van der Waals surface area contributed by atoms with Gasteiger partial charge < -0.3 is 9.47 Å². The maximum absolute atomic E-state index is 12.3. The molecular weight excluding hydrogens is 350 g/mol. The number of carbonyl (C=O) groups is 2. The van der Waals surface area contributed by atoms with E-state index in [0.717, 1.165) is 23.7 Å². The van der Waals surface area contributed by atoms with Crippen LogP contribution in [-0.2, 0) is 9.53 Å². The van der Waals surface area contributed by atoms with Crippen LogP contribution in [0.4, 0.5) is 4.79 Å². The lowest BCUT2D eigenvalue weighted by Gasteiger charge is -2.14. The molecule has 0 aliphatic carbocycles. The van der Waals surface area contributed by atoms with Crippen LogP contribution in [0.25, 0.3) is 6.08 Å². The van der Waals surface area contributed by atoms with Gasteiger partial charge in [0.05, 0.1) is 29.2 Å². The first-order valence-corrected chi connectivity index (χ1v) is 8.86. The molecule has 1 saturated heterocycles. The quantitative estimate of drug-likeness (QED) is 0.674. The predicted octanol–water partition coefficient (Wildman–Crippen LogP) is 4.20. The summed E-state index contributed by atoms with van der Waals surface area (Å²) in [7, 11) is 1.53. The van der Waals surface area contributed by atoms with Gasteiger partial charge in [-0.05, 0) is 48.9 Å². The largest absolute Gasteiger partial charge is 0.489 e. The smallest absolute Gasteiger partial charge is 0.293 e. The van der Waals surface area contributed by atoms with Gasteiger partial charge in [0.2, 0.25) is 0 Å². The Kier molecular flexibility index (Phi) is 6.71. The van der Waals surface area contributed by atoms with Gasteiger partial charge in [0.15, 0.2) is 0 Å². The number of hydrogen-bond donors (Lipinski definition) is 0. The normalized spacial score (nSPS) is 17.7. The number of ether oxygens (including phenoxy) is 2. The van der Waals surface area contributed by atoms with E-state index in [4.69, 9.17) is 21.1 Å². The molecule has 1 fully saturated rings. The van der Waals surface area contributed by atoms with Gasteiger partial charge in [-0.15, -0.1) is 0 Å². The van der Waals surface area contributed by atoms with E-state index in [2.05, 4.69) is 0 Å². The van der Waals surface area contributed by atoms with Crippen molar-refractivity contribution in [3.8, 4) is 5.75 Å². The Morgan fingerprint density at radius 1 is 1.38 bits per heavy atom. The van der Waals surface area contributed by atoms with Gasteiger partial charge in [0.1, 0.15) is 5.75 Å². The fourth-order valence-electron chi connectivity index (χ4n) is 2.03. The Hall–Kier alpha value is -1.50. The molecule has 1 aliphatic heterocycles. The fraction of sp³-hybridized carbons (Fsp3) is 0.412. The summed E-state index contributed by atoms with van der Waals surface area (Å²) < 4.78 is 10.6. The van der Waals surface area contributed by atoms with Crippen molar-refractivity contribution in [3.63, 3.8) is 0 Å². The van der Waals surface area contributed by atoms with Gasteiger partial charge in [-0.3, -0.25) is 14.5 Å². The summed E-state index contributed by atoms with van der Waals surface area (Å²) in [6.07, 6.45) is 2.62. The molecule has 0 aromatic heterocycles.